The fourth-order valence-corrected chi connectivity index (χ4v) is 5.22. The van der Waals surface area contributed by atoms with E-state index in [1.165, 1.54) is 11.8 Å². The highest BCUT2D eigenvalue weighted by Crippen LogP contribution is 2.32. The summed E-state index contributed by atoms with van der Waals surface area (Å²) in [6, 6.07) is 15.2. The highest BCUT2D eigenvalue weighted by Gasteiger charge is 2.15. The Morgan fingerprint density at radius 1 is 1.11 bits per heavy atom. The summed E-state index contributed by atoms with van der Waals surface area (Å²) in [6.07, 6.45) is 0. The lowest BCUT2D eigenvalue weighted by atomic mass is 10.2. The number of rotatable bonds is 5. The predicted octanol–water partition coefficient (Wildman–Crippen LogP) is 6.05. The molecule has 0 spiro atoms. The second-order valence-corrected chi connectivity index (χ2v) is 8.80. The van der Waals surface area contributed by atoms with Crippen LogP contribution in [0.1, 0.15) is 25.6 Å². The number of thiazole rings is 1. The zero-order valence-electron chi connectivity index (χ0n) is 15.4. The maximum Gasteiger partial charge on any atom is 0.262 e. The first kappa shape index (κ1) is 19.2. The third kappa shape index (κ3) is 3.72. The molecule has 0 atom stereocenters. The summed E-state index contributed by atoms with van der Waals surface area (Å²) in [7, 11) is 0. The van der Waals surface area contributed by atoms with Crippen LogP contribution in [-0.4, -0.2) is 14.5 Å². The topological polar surface area (TPSA) is 47.8 Å². The summed E-state index contributed by atoms with van der Waals surface area (Å²) >= 11 is 9.39. The first-order valence-electron chi connectivity index (χ1n) is 8.88. The molecule has 0 N–H and O–H groups in total. The van der Waals surface area contributed by atoms with Gasteiger partial charge in [-0.05, 0) is 32.0 Å². The molecule has 0 unspecified atom stereocenters. The zero-order valence-corrected chi connectivity index (χ0v) is 17.8. The Balaban J connectivity index is 1.64. The van der Waals surface area contributed by atoms with Gasteiger partial charge >= 0.3 is 0 Å². The summed E-state index contributed by atoms with van der Waals surface area (Å²) in [4.78, 5) is 22.4. The van der Waals surface area contributed by atoms with Crippen LogP contribution in [0.5, 0.6) is 0 Å². The lowest BCUT2D eigenvalue weighted by Crippen LogP contribution is -2.25. The van der Waals surface area contributed by atoms with E-state index in [2.05, 4.69) is 0 Å². The lowest BCUT2D eigenvalue weighted by molar-refractivity contribution is 0.519. The number of halogens is 1. The van der Waals surface area contributed by atoms with Crippen molar-refractivity contribution in [2.75, 3.05) is 0 Å². The van der Waals surface area contributed by atoms with Crippen molar-refractivity contribution in [2.45, 2.75) is 30.8 Å². The van der Waals surface area contributed by atoms with Crippen molar-refractivity contribution in [3.05, 3.63) is 75.0 Å². The molecule has 4 rings (SSSR count). The quantitative estimate of drug-likeness (QED) is 0.287. The van der Waals surface area contributed by atoms with E-state index in [-0.39, 0.29) is 11.6 Å². The van der Waals surface area contributed by atoms with Crippen LogP contribution in [0.2, 0.25) is 5.02 Å². The van der Waals surface area contributed by atoms with Crippen molar-refractivity contribution in [2.24, 2.45) is 0 Å². The third-order valence-corrected chi connectivity index (χ3v) is 6.54. The number of hydrogen-bond donors (Lipinski definition) is 0. The standard InChI is InChI=1S/C21H18ClN3OS2/c1-13(2)25-20(26)16-8-4-6-10-18(16)24-21(25)28-12-14-11-27-19(23-14)15-7-3-5-9-17(15)22/h3-11,13H,12H2,1-2H3. The fraction of sp³-hybridized carbons (Fsp3) is 0.190. The van der Waals surface area contributed by atoms with Gasteiger partial charge in [0, 0.05) is 22.7 Å². The van der Waals surface area contributed by atoms with E-state index in [9.17, 15) is 4.79 Å². The van der Waals surface area contributed by atoms with Crippen LogP contribution in [0.4, 0.5) is 0 Å². The Labute approximate surface area is 176 Å². The summed E-state index contributed by atoms with van der Waals surface area (Å²) in [6.45, 7) is 4.00. The van der Waals surface area contributed by atoms with E-state index in [0.717, 1.165) is 21.8 Å². The van der Waals surface area contributed by atoms with E-state index in [0.29, 0.717) is 21.3 Å². The Hall–Kier alpha value is -2.15. The Bertz CT molecular complexity index is 1200. The van der Waals surface area contributed by atoms with Gasteiger partial charge in [0.1, 0.15) is 5.01 Å². The number of hydrogen-bond acceptors (Lipinski definition) is 5. The van der Waals surface area contributed by atoms with E-state index in [1.54, 1.807) is 15.9 Å². The molecule has 142 valence electrons. The van der Waals surface area contributed by atoms with Crippen molar-refractivity contribution in [3.63, 3.8) is 0 Å². The number of aromatic nitrogens is 3. The first-order valence-corrected chi connectivity index (χ1v) is 11.1. The molecule has 0 fully saturated rings. The highest BCUT2D eigenvalue weighted by atomic mass is 35.5. The first-order chi connectivity index (χ1) is 13.5. The maximum absolute atomic E-state index is 12.9. The molecule has 0 aliphatic heterocycles. The van der Waals surface area contributed by atoms with Gasteiger partial charge in [-0.2, -0.15) is 0 Å². The largest absolute Gasteiger partial charge is 0.285 e. The van der Waals surface area contributed by atoms with Crippen LogP contribution in [0, 0.1) is 0 Å². The van der Waals surface area contributed by atoms with Crippen LogP contribution in [0.3, 0.4) is 0 Å². The SMILES string of the molecule is CC(C)n1c(SCc2csc(-c3ccccc3Cl)n2)nc2ccccc2c1=O. The number of para-hydroxylation sites is 1. The van der Waals surface area contributed by atoms with Crippen molar-refractivity contribution >= 4 is 45.6 Å². The van der Waals surface area contributed by atoms with E-state index in [1.807, 2.05) is 67.8 Å². The summed E-state index contributed by atoms with van der Waals surface area (Å²) in [5.74, 6) is 0.637. The van der Waals surface area contributed by atoms with Gasteiger partial charge in [0.05, 0.1) is 21.6 Å². The molecule has 0 bridgehead atoms. The average molecular weight is 428 g/mol. The molecule has 0 saturated heterocycles. The van der Waals surface area contributed by atoms with Crippen molar-refractivity contribution < 1.29 is 0 Å². The molecule has 28 heavy (non-hydrogen) atoms. The van der Waals surface area contributed by atoms with Crippen LogP contribution in [0.25, 0.3) is 21.5 Å². The van der Waals surface area contributed by atoms with Gasteiger partial charge in [0.25, 0.3) is 5.56 Å². The average Bonchev–Trinajstić information content (AvgIpc) is 3.15. The van der Waals surface area contributed by atoms with Gasteiger partial charge in [0.2, 0.25) is 0 Å². The summed E-state index contributed by atoms with van der Waals surface area (Å²) in [5, 5.41) is 4.99. The van der Waals surface area contributed by atoms with E-state index < -0.39 is 0 Å². The van der Waals surface area contributed by atoms with E-state index >= 15 is 0 Å². The molecule has 0 radical (unpaired) electrons. The molecule has 0 amide bonds. The highest BCUT2D eigenvalue weighted by molar-refractivity contribution is 7.98. The minimum atomic E-state index is -0.00173. The molecule has 0 saturated carbocycles. The Kier molecular flexibility index (Phi) is 5.53. The van der Waals surface area contributed by atoms with Crippen LogP contribution >= 0.6 is 34.7 Å². The van der Waals surface area contributed by atoms with E-state index in [4.69, 9.17) is 21.6 Å². The molecule has 0 aliphatic carbocycles. The lowest BCUT2D eigenvalue weighted by Gasteiger charge is -2.15. The molecule has 2 aromatic carbocycles. The maximum atomic E-state index is 12.9. The second-order valence-electron chi connectivity index (χ2n) is 6.59. The minimum absolute atomic E-state index is 0.00173. The van der Waals surface area contributed by atoms with Crippen molar-refractivity contribution in [1.82, 2.24) is 14.5 Å². The van der Waals surface area contributed by atoms with Crippen molar-refractivity contribution in [3.8, 4) is 10.6 Å². The zero-order chi connectivity index (χ0) is 19.7. The molecule has 0 aliphatic rings. The van der Waals surface area contributed by atoms with Gasteiger partial charge in [-0.3, -0.25) is 9.36 Å². The summed E-state index contributed by atoms with van der Waals surface area (Å²) < 4.78 is 1.76. The van der Waals surface area contributed by atoms with Crippen LogP contribution in [-0.2, 0) is 5.75 Å². The molecule has 2 heterocycles. The Morgan fingerprint density at radius 3 is 2.64 bits per heavy atom. The fourth-order valence-electron chi connectivity index (χ4n) is 2.95. The molecular formula is C21H18ClN3OS2. The molecular weight excluding hydrogens is 410 g/mol. The van der Waals surface area contributed by atoms with Gasteiger partial charge in [0.15, 0.2) is 5.16 Å². The monoisotopic (exact) mass is 427 g/mol. The van der Waals surface area contributed by atoms with Gasteiger partial charge in [-0.1, -0.05) is 53.7 Å². The smallest absolute Gasteiger partial charge is 0.262 e. The predicted molar refractivity (Wildman–Crippen MR) is 119 cm³/mol. The van der Waals surface area contributed by atoms with Crippen molar-refractivity contribution in [1.29, 1.82) is 0 Å². The summed E-state index contributed by atoms with van der Waals surface area (Å²) in [5.41, 5.74) is 2.61. The van der Waals surface area contributed by atoms with Gasteiger partial charge in [-0.15, -0.1) is 11.3 Å². The number of fused-ring (bicyclic) bond motifs is 1. The number of nitrogens with zero attached hydrogens (tertiary/aromatic N) is 3. The van der Waals surface area contributed by atoms with Gasteiger partial charge < -0.3 is 0 Å². The molecule has 4 aromatic rings. The van der Waals surface area contributed by atoms with Crippen LogP contribution in [0.15, 0.2) is 63.9 Å². The number of thioether (sulfide) groups is 1. The van der Waals surface area contributed by atoms with Crippen LogP contribution < -0.4 is 5.56 Å². The second kappa shape index (κ2) is 8.07. The molecule has 7 heteroatoms. The number of benzene rings is 2. The molecule has 4 nitrogen and oxygen atoms in total. The minimum Gasteiger partial charge on any atom is -0.285 e. The molecule has 2 aromatic heterocycles. The third-order valence-electron chi connectivity index (χ3n) is 4.30. The van der Waals surface area contributed by atoms with Gasteiger partial charge in [-0.25, -0.2) is 9.97 Å². The Morgan fingerprint density at radius 2 is 1.86 bits per heavy atom. The normalized spacial score (nSPS) is 11.4.